The van der Waals surface area contributed by atoms with Crippen molar-refractivity contribution < 1.29 is 4.74 Å². The van der Waals surface area contributed by atoms with Crippen molar-refractivity contribution in [3.8, 4) is 17.0 Å². The number of hydrogen-bond acceptors (Lipinski definition) is 4. The van der Waals surface area contributed by atoms with Crippen LogP contribution in [0.5, 0.6) is 5.75 Å². The van der Waals surface area contributed by atoms with Gasteiger partial charge >= 0.3 is 0 Å². The van der Waals surface area contributed by atoms with Crippen LogP contribution in [0, 0.1) is 0 Å². The van der Waals surface area contributed by atoms with Crippen molar-refractivity contribution in [2.24, 2.45) is 0 Å². The molecule has 1 aromatic carbocycles. The Balaban J connectivity index is 1.75. The number of aryl methyl sites for hydroxylation is 1. The summed E-state index contributed by atoms with van der Waals surface area (Å²) in [5.41, 5.74) is 2.00. The molecule has 3 rings (SSSR count). The number of fused-ring (bicyclic) bond motifs is 1. The van der Waals surface area contributed by atoms with E-state index in [2.05, 4.69) is 17.0 Å². The molecule has 0 aliphatic carbocycles. The third-order valence-electron chi connectivity index (χ3n) is 3.69. The molecule has 2 aromatic heterocycles. The van der Waals surface area contributed by atoms with Crippen LogP contribution in [0.1, 0.15) is 37.6 Å². The summed E-state index contributed by atoms with van der Waals surface area (Å²) >= 11 is 1.69. The lowest BCUT2D eigenvalue weighted by atomic mass is 10.1. The zero-order chi connectivity index (χ0) is 15.4. The number of aromatic nitrogens is 3. The first-order valence-corrected chi connectivity index (χ1v) is 8.61. The Morgan fingerprint density at radius 2 is 2.14 bits per heavy atom. The Kier molecular flexibility index (Phi) is 4.73. The van der Waals surface area contributed by atoms with E-state index in [9.17, 15) is 0 Å². The van der Waals surface area contributed by atoms with Crippen LogP contribution in [-0.4, -0.2) is 21.7 Å². The molecule has 22 heavy (non-hydrogen) atoms. The van der Waals surface area contributed by atoms with Gasteiger partial charge in [-0.15, -0.1) is 0 Å². The summed E-state index contributed by atoms with van der Waals surface area (Å²) < 4.78 is 7.16. The highest BCUT2D eigenvalue weighted by Crippen LogP contribution is 2.25. The smallest absolute Gasteiger partial charge is 0.212 e. The van der Waals surface area contributed by atoms with E-state index >= 15 is 0 Å². The Morgan fingerprint density at radius 3 is 2.91 bits per heavy atom. The van der Waals surface area contributed by atoms with Gasteiger partial charge < -0.3 is 4.74 Å². The first kappa shape index (κ1) is 15.0. The first-order chi connectivity index (χ1) is 10.8. The second kappa shape index (κ2) is 6.92. The van der Waals surface area contributed by atoms with Gasteiger partial charge in [0.05, 0.1) is 19.0 Å². The van der Waals surface area contributed by atoms with Gasteiger partial charge in [0.1, 0.15) is 10.8 Å². The Labute approximate surface area is 134 Å². The minimum atomic E-state index is 0.846. The van der Waals surface area contributed by atoms with Crippen molar-refractivity contribution in [2.75, 3.05) is 7.11 Å². The van der Waals surface area contributed by atoms with Crippen molar-refractivity contribution >= 4 is 16.3 Å². The van der Waals surface area contributed by atoms with Gasteiger partial charge in [-0.05, 0) is 18.6 Å². The molecule has 0 atom stereocenters. The van der Waals surface area contributed by atoms with E-state index in [0.717, 1.165) is 28.4 Å². The van der Waals surface area contributed by atoms with E-state index < -0.39 is 0 Å². The SMILES string of the molecule is CCCCCCc1nn2cc(-c3cccc(OC)c3)nc2s1. The molecule has 0 aliphatic rings. The maximum Gasteiger partial charge on any atom is 0.212 e. The lowest BCUT2D eigenvalue weighted by Crippen LogP contribution is -1.88. The third kappa shape index (κ3) is 3.30. The fourth-order valence-electron chi connectivity index (χ4n) is 2.47. The number of ether oxygens (including phenoxy) is 1. The fraction of sp³-hybridized carbons (Fsp3) is 0.412. The molecule has 0 aliphatic heterocycles. The lowest BCUT2D eigenvalue weighted by Gasteiger charge is -2.01. The minimum absolute atomic E-state index is 0.846. The van der Waals surface area contributed by atoms with Gasteiger partial charge in [0.25, 0.3) is 0 Å². The van der Waals surface area contributed by atoms with E-state index in [0.29, 0.717) is 0 Å². The molecule has 116 valence electrons. The maximum absolute atomic E-state index is 5.27. The largest absolute Gasteiger partial charge is 0.497 e. The maximum atomic E-state index is 5.27. The van der Waals surface area contributed by atoms with E-state index in [4.69, 9.17) is 4.74 Å². The molecule has 3 aromatic rings. The number of nitrogens with zero attached hydrogens (tertiary/aromatic N) is 3. The summed E-state index contributed by atoms with van der Waals surface area (Å²) in [6.45, 7) is 2.23. The number of hydrogen-bond donors (Lipinski definition) is 0. The number of unbranched alkanes of at least 4 members (excludes halogenated alkanes) is 3. The quantitative estimate of drug-likeness (QED) is 0.599. The van der Waals surface area contributed by atoms with Gasteiger partial charge in [0.2, 0.25) is 4.96 Å². The van der Waals surface area contributed by atoms with E-state index in [1.54, 1.807) is 18.4 Å². The highest BCUT2D eigenvalue weighted by Gasteiger charge is 2.10. The van der Waals surface area contributed by atoms with Crippen LogP contribution in [0.2, 0.25) is 0 Å². The van der Waals surface area contributed by atoms with E-state index in [1.807, 2.05) is 35.0 Å². The Hall–Kier alpha value is -1.88. The molecule has 5 heteroatoms. The standard InChI is InChI=1S/C17H21N3OS/c1-3-4-5-6-10-16-19-20-12-15(18-17(20)22-16)13-8-7-9-14(11-13)21-2/h7-9,11-12H,3-6,10H2,1-2H3. The number of benzene rings is 1. The molecular weight excluding hydrogens is 294 g/mol. The van der Waals surface area contributed by atoms with Crippen molar-refractivity contribution in [1.29, 1.82) is 0 Å². The second-order valence-electron chi connectivity index (χ2n) is 5.39. The predicted molar refractivity (Wildman–Crippen MR) is 90.7 cm³/mol. The molecule has 0 saturated heterocycles. The van der Waals surface area contributed by atoms with E-state index in [-0.39, 0.29) is 0 Å². The van der Waals surface area contributed by atoms with Crippen LogP contribution in [0.25, 0.3) is 16.2 Å². The van der Waals surface area contributed by atoms with Crippen molar-refractivity contribution in [3.05, 3.63) is 35.5 Å². The summed E-state index contributed by atoms with van der Waals surface area (Å²) in [5, 5.41) is 5.82. The van der Waals surface area contributed by atoms with Gasteiger partial charge in [0.15, 0.2) is 0 Å². The van der Waals surface area contributed by atoms with E-state index in [1.165, 1.54) is 30.7 Å². The Morgan fingerprint density at radius 1 is 1.23 bits per heavy atom. The zero-order valence-electron chi connectivity index (χ0n) is 13.1. The zero-order valence-corrected chi connectivity index (χ0v) is 13.9. The molecule has 2 heterocycles. The number of methoxy groups -OCH3 is 1. The van der Waals surface area contributed by atoms with Gasteiger partial charge in [0, 0.05) is 12.0 Å². The van der Waals surface area contributed by atoms with Crippen LogP contribution in [0.3, 0.4) is 0 Å². The second-order valence-corrected chi connectivity index (χ2v) is 6.43. The molecule has 0 radical (unpaired) electrons. The van der Waals surface area contributed by atoms with Crippen molar-refractivity contribution in [1.82, 2.24) is 14.6 Å². The molecular formula is C17H21N3OS. The molecule has 0 spiro atoms. The summed E-state index contributed by atoms with van der Waals surface area (Å²) in [6, 6.07) is 7.96. The molecule has 0 fully saturated rings. The van der Waals surface area contributed by atoms with Gasteiger partial charge in [-0.25, -0.2) is 9.50 Å². The lowest BCUT2D eigenvalue weighted by molar-refractivity contribution is 0.415. The summed E-state index contributed by atoms with van der Waals surface area (Å²) in [4.78, 5) is 5.65. The third-order valence-corrected chi connectivity index (χ3v) is 4.68. The van der Waals surface area contributed by atoms with Crippen LogP contribution in [0.4, 0.5) is 0 Å². The summed E-state index contributed by atoms with van der Waals surface area (Å²) in [6.07, 6.45) is 8.13. The topological polar surface area (TPSA) is 39.4 Å². The van der Waals surface area contributed by atoms with Gasteiger partial charge in [-0.3, -0.25) is 0 Å². The Bertz CT molecular complexity index is 716. The first-order valence-electron chi connectivity index (χ1n) is 7.79. The van der Waals surface area contributed by atoms with Crippen molar-refractivity contribution in [2.45, 2.75) is 39.0 Å². The molecule has 0 unspecified atom stereocenters. The monoisotopic (exact) mass is 315 g/mol. The highest BCUT2D eigenvalue weighted by atomic mass is 32.1. The van der Waals surface area contributed by atoms with Crippen LogP contribution < -0.4 is 4.74 Å². The molecule has 0 amide bonds. The van der Waals surface area contributed by atoms with Crippen LogP contribution in [-0.2, 0) is 6.42 Å². The van der Waals surface area contributed by atoms with Gasteiger partial charge in [-0.1, -0.05) is 49.7 Å². The average Bonchev–Trinajstić information content (AvgIpc) is 3.10. The summed E-state index contributed by atoms with van der Waals surface area (Å²) in [7, 11) is 1.68. The normalized spacial score (nSPS) is 11.2. The number of rotatable bonds is 7. The minimum Gasteiger partial charge on any atom is -0.497 e. The average molecular weight is 315 g/mol. The predicted octanol–water partition coefficient (Wildman–Crippen LogP) is 4.59. The van der Waals surface area contributed by atoms with Gasteiger partial charge in [-0.2, -0.15) is 5.10 Å². The van der Waals surface area contributed by atoms with Crippen molar-refractivity contribution in [3.63, 3.8) is 0 Å². The number of imidazole rings is 1. The molecule has 0 saturated carbocycles. The fourth-order valence-corrected chi connectivity index (χ4v) is 3.38. The van der Waals surface area contributed by atoms with Crippen LogP contribution in [0.15, 0.2) is 30.5 Å². The molecule has 0 N–H and O–H groups in total. The molecule has 0 bridgehead atoms. The highest BCUT2D eigenvalue weighted by molar-refractivity contribution is 7.16. The molecule has 4 nitrogen and oxygen atoms in total. The van der Waals surface area contributed by atoms with Crippen LogP contribution >= 0.6 is 11.3 Å². The summed E-state index contributed by atoms with van der Waals surface area (Å²) in [5.74, 6) is 0.846.